The Bertz CT molecular complexity index is 515. The van der Waals surface area contributed by atoms with Crippen LogP contribution >= 0.6 is 0 Å². The van der Waals surface area contributed by atoms with Crippen molar-refractivity contribution in [1.82, 2.24) is 20.0 Å². The first-order valence-corrected chi connectivity index (χ1v) is 6.82. The van der Waals surface area contributed by atoms with E-state index >= 15 is 0 Å². The van der Waals surface area contributed by atoms with Gasteiger partial charge in [0.15, 0.2) is 5.82 Å². The van der Waals surface area contributed by atoms with Crippen molar-refractivity contribution in [3.05, 3.63) is 35.7 Å². The van der Waals surface area contributed by atoms with Gasteiger partial charge < -0.3 is 14.4 Å². The Kier molecular flexibility index (Phi) is 4.37. The van der Waals surface area contributed by atoms with Gasteiger partial charge in [-0.05, 0) is 25.6 Å². The molecule has 0 saturated carbocycles. The molecular formula is C14H22N4O. The minimum atomic E-state index is 0.270. The summed E-state index contributed by atoms with van der Waals surface area (Å²) in [5.74, 6) is 1.69. The molecule has 104 valence electrons. The van der Waals surface area contributed by atoms with Gasteiger partial charge in [0.25, 0.3) is 0 Å². The normalized spacial score (nSPS) is 13.1. The monoisotopic (exact) mass is 262 g/mol. The second kappa shape index (κ2) is 6.02. The predicted octanol–water partition coefficient (Wildman–Crippen LogP) is 2.71. The standard InChI is InChI=1S/C14H22N4O/c1-5-15-11(4)12-7-6-8-18(12)9-13-16-14(10(2)3)19-17-13/h6-8,10-11,15H,5,9H2,1-4H3. The van der Waals surface area contributed by atoms with Gasteiger partial charge >= 0.3 is 0 Å². The van der Waals surface area contributed by atoms with Crippen molar-refractivity contribution in [3.63, 3.8) is 0 Å². The first-order chi connectivity index (χ1) is 9.11. The quantitative estimate of drug-likeness (QED) is 0.869. The second-order valence-corrected chi connectivity index (χ2v) is 5.04. The zero-order chi connectivity index (χ0) is 13.8. The van der Waals surface area contributed by atoms with Crippen molar-refractivity contribution in [1.29, 1.82) is 0 Å². The number of nitrogens with one attached hydrogen (secondary N) is 1. The van der Waals surface area contributed by atoms with Gasteiger partial charge in [0.2, 0.25) is 5.89 Å². The van der Waals surface area contributed by atoms with Crippen LogP contribution in [-0.4, -0.2) is 21.3 Å². The minimum absolute atomic E-state index is 0.270. The lowest BCUT2D eigenvalue weighted by Gasteiger charge is -2.15. The predicted molar refractivity (Wildman–Crippen MR) is 74.0 cm³/mol. The summed E-state index contributed by atoms with van der Waals surface area (Å²) in [7, 11) is 0. The Labute approximate surface area is 114 Å². The molecule has 2 heterocycles. The Balaban J connectivity index is 2.12. The molecule has 5 heteroatoms. The summed E-state index contributed by atoms with van der Waals surface area (Å²) in [5.41, 5.74) is 1.23. The average Bonchev–Trinajstić information content (AvgIpc) is 2.99. The van der Waals surface area contributed by atoms with E-state index in [0.29, 0.717) is 18.5 Å². The highest BCUT2D eigenvalue weighted by atomic mass is 16.5. The summed E-state index contributed by atoms with van der Waals surface area (Å²) >= 11 is 0. The van der Waals surface area contributed by atoms with Crippen LogP contribution in [0.5, 0.6) is 0 Å². The summed E-state index contributed by atoms with van der Waals surface area (Å²) in [5, 5.41) is 7.44. The highest BCUT2D eigenvalue weighted by Gasteiger charge is 2.13. The van der Waals surface area contributed by atoms with Gasteiger partial charge in [-0.3, -0.25) is 0 Å². The summed E-state index contributed by atoms with van der Waals surface area (Å²) in [6, 6.07) is 4.49. The Hall–Kier alpha value is -1.62. The molecule has 0 fully saturated rings. The zero-order valence-electron chi connectivity index (χ0n) is 12.1. The molecule has 5 nitrogen and oxygen atoms in total. The molecule has 0 spiro atoms. The molecule has 1 unspecified atom stereocenters. The molecule has 0 amide bonds. The zero-order valence-corrected chi connectivity index (χ0v) is 12.1. The van der Waals surface area contributed by atoms with E-state index in [1.165, 1.54) is 5.69 Å². The van der Waals surface area contributed by atoms with Gasteiger partial charge in [-0.25, -0.2) is 0 Å². The van der Waals surface area contributed by atoms with Crippen LogP contribution in [0.3, 0.4) is 0 Å². The van der Waals surface area contributed by atoms with E-state index in [-0.39, 0.29) is 5.92 Å². The molecule has 2 aromatic heterocycles. The van der Waals surface area contributed by atoms with Gasteiger partial charge in [0.1, 0.15) is 0 Å². The average molecular weight is 262 g/mol. The molecule has 19 heavy (non-hydrogen) atoms. The fourth-order valence-electron chi connectivity index (χ4n) is 2.09. The van der Waals surface area contributed by atoms with Gasteiger partial charge in [0.05, 0.1) is 6.54 Å². The van der Waals surface area contributed by atoms with Crippen LogP contribution in [0.25, 0.3) is 0 Å². The van der Waals surface area contributed by atoms with Crippen LogP contribution in [0.4, 0.5) is 0 Å². The molecule has 0 bridgehead atoms. The number of nitrogens with zero attached hydrogens (tertiary/aromatic N) is 3. The molecular weight excluding hydrogens is 240 g/mol. The molecule has 2 rings (SSSR count). The molecule has 1 atom stereocenters. The SMILES string of the molecule is CCNC(C)c1cccn1Cc1noc(C(C)C)n1. The lowest BCUT2D eigenvalue weighted by molar-refractivity contribution is 0.359. The maximum Gasteiger partial charge on any atom is 0.229 e. The summed E-state index contributed by atoms with van der Waals surface area (Å²) in [4.78, 5) is 4.41. The molecule has 0 aliphatic rings. The highest BCUT2D eigenvalue weighted by Crippen LogP contribution is 2.16. The highest BCUT2D eigenvalue weighted by molar-refractivity contribution is 5.12. The van der Waals surface area contributed by atoms with E-state index in [1.807, 2.05) is 19.9 Å². The maximum atomic E-state index is 5.23. The van der Waals surface area contributed by atoms with Crippen LogP contribution in [-0.2, 0) is 6.54 Å². The van der Waals surface area contributed by atoms with E-state index in [2.05, 4.69) is 46.1 Å². The van der Waals surface area contributed by atoms with E-state index in [1.54, 1.807) is 0 Å². The smallest absolute Gasteiger partial charge is 0.229 e. The largest absolute Gasteiger partial charge is 0.342 e. The first kappa shape index (κ1) is 13.8. The number of hydrogen-bond acceptors (Lipinski definition) is 4. The fourth-order valence-corrected chi connectivity index (χ4v) is 2.09. The van der Waals surface area contributed by atoms with Crippen molar-refractivity contribution in [2.75, 3.05) is 6.54 Å². The molecule has 0 aliphatic carbocycles. The van der Waals surface area contributed by atoms with E-state index in [9.17, 15) is 0 Å². The topological polar surface area (TPSA) is 55.9 Å². The second-order valence-electron chi connectivity index (χ2n) is 5.04. The van der Waals surface area contributed by atoms with Crippen molar-refractivity contribution in [2.24, 2.45) is 0 Å². The van der Waals surface area contributed by atoms with Crippen LogP contribution < -0.4 is 5.32 Å². The van der Waals surface area contributed by atoms with Gasteiger partial charge in [-0.1, -0.05) is 25.9 Å². The molecule has 0 saturated heterocycles. The number of aromatic nitrogens is 3. The summed E-state index contributed by atoms with van der Waals surface area (Å²) in [6.45, 7) is 9.96. The third-order valence-electron chi connectivity index (χ3n) is 3.11. The van der Waals surface area contributed by atoms with Crippen LogP contribution in [0.2, 0.25) is 0 Å². The van der Waals surface area contributed by atoms with Crippen molar-refractivity contribution < 1.29 is 4.52 Å². The first-order valence-electron chi connectivity index (χ1n) is 6.82. The van der Waals surface area contributed by atoms with E-state index < -0.39 is 0 Å². The molecule has 2 aromatic rings. The Morgan fingerprint density at radius 2 is 2.16 bits per heavy atom. The van der Waals surface area contributed by atoms with Crippen molar-refractivity contribution in [2.45, 2.75) is 46.2 Å². The van der Waals surface area contributed by atoms with Crippen molar-refractivity contribution in [3.8, 4) is 0 Å². The number of rotatable bonds is 6. The minimum Gasteiger partial charge on any atom is -0.342 e. The van der Waals surface area contributed by atoms with Crippen LogP contribution in [0, 0.1) is 0 Å². The van der Waals surface area contributed by atoms with E-state index in [0.717, 1.165) is 12.4 Å². The molecule has 0 aromatic carbocycles. The number of hydrogen-bond donors (Lipinski definition) is 1. The van der Waals surface area contributed by atoms with E-state index in [4.69, 9.17) is 4.52 Å². The van der Waals surface area contributed by atoms with Crippen molar-refractivity contribution >= 4 is 0 Å². The molecule has 0 radical (unpaired) electrons. The lowest BCUT2D eigenvalue weighted by Crippen LogP contribution is -2.21. The summed E-state index contributed by atoms with van der Waals surface area (Å²) in [6.07, 6.45) is 2.05. The van der Waals surface area contributed by atoms with Gasteiger partial charge in [0, 0.05) is 23.9 Å². The Morgan fingerprint density at radius 3 is 2.79 bits per heavy atom. The molecule has 0 aliphatic heterocycles. The van der Waals surface area contributed by atoms with Crippen LogP contribution in [0.1, 0.15) is 57.1 Å². The van der Waals surface area contributed by atoms with Gasteiger partial charge in [-0.15, -0.1) is 0 Å². The third kappa shape index (κ3) is 3.23. The fraction of sp³-hybridized carbons (Fsp3) is 0.571. The lowest BCUT2D eigenvalue weighted by atomic mass is 10.2. The third-order valence-corrected chi connectivity index (χ3v) is 3.11. The van der Waals surface area contributed by atoms with Gasteiger partial charge in [-0.2, -0.15) is 4.98 Å². The maximum absolute atomic E-state index is 5.23. The molecule has 1 N–H and O–H groups in total. The van der Waals surface area contributed by atoms with Crippen LogP contribution in [0.15, 0.2) is 22.9 Å². The Morgan fingerprint density at radius 1 is 1.37 bits per heavy atom. The summed E-state index contributed by atoms with van der Waals surface area (Å²) < 4.78 is 7.39.